The number of fused-ring (bicyclic) bond motifs is 1. The van der Waals surface area contributed by atoms with Crippen molar-refractivity contribution in [1.29, 1.82) is 0 Å². The maximum absolute atomic E-state index is 7.04. The average molecular weight is 220 g/mol. The largest absolute Gasteiger partial charge is 1.00 e. The maximum Gasteiger partial charge on any atom is 1.00 e. The van der Waals surface area contributed by atoms with Crippen LogP contribution < -0.4 is 58.2 Å². The first-order valence-corrected chi connectivity index (χ1v) is 2.74. The van der Waals surface area contributed by atoms with E-state index in [0.717, 1.165) is 5.52 Å². The molecule has 0 unspecified atom stereocenters. The van der Waals surface area contributed by atoms with Gasteiger partial charge in [-0.3, -0.25) is 0 Å². The Balaban J connectivity index is 0.000000605. The minimum absolute atomic E-state index is 0. The van der Waals surface area contributed by atoms with Crippen LogP contribution in [0, 0.1) is 0 Å². The molecule has 11 heavy (non-hydrogen) atoms. The second-order valence-electron chi connectivity index (χ2n) is 1.83. The van der Waals surface area contributed by atoms with Gasteiger partial charge in [-0.05, 0) is 6.20 Å². The minimum Gasteiger partial charge on any atom is -0.410 e. The standard InChI is InChI=1S/C5H4N5.Rb/c6-5-7-1-3-4(10-5)9-2-8-3;/h1-2H,(H2-,6,7,8,9,10);/q-1;+1. The Morgan fingerprint density at radius 3 is 3.00 bits per heavy atom. The van der Waals surface area contributed by atoms with Gasteiger partial charge in [0.05, 0.1) is 11.8 Å². The number of nitrogens with one attached hydrogen (secondary N) is 2. The summed E-state index contributed by atoms with van der Waals surface area (Å²) in [6, 6.07) is 0. The number of aromatic nitrogens is 4. The Kier molecular flexibility index (Phi) is 3.11. The Bertz CT molecular complexity index is 356. The molecule has 6 heteroatoms. The molecule has 0 radical (unpaired) electrons. The van der Waals surface area contributed by atoms with E-state index in [2.05, 4.69) is 19.9 Å². The predicted molar refractivity (Wildman–Crippen MR) is 35.7 cm³/mol. The van der Waals surface area contributed by atoms with Gasteiger partial charge >= 0.3 is 58.2 Å². The molecule has 2 rings (SSSR count). The molecule has 0 atom stereocenters. The first kappa shape index (κ1) is 9.24. The van der Waals surface area contributed by atoms with E-state index in [0.29, 0.717) is 5.65 Å². The van der Waals surface area contributed by atoms with Crippen LogP contribution in [0.4, 0.5) is 5.95 Å². The van der Waals surface area contributed by atoms with Crippen LogP contribution in [0.15, 0.2) is 12.5 Å². The molecule has 0 bridgehead atoms. The van der Waals surface area contributed by atoms with Crippen LogP contribution >= 0.6 is 0 Å². The van der Waals surface area contributed by atoms with Crippen LogP contribution in [0.3, 0.4) is 0 Å². The summed E-state index contributed by atoms with van der Waals surface area (Å²) in [6.45, 7) is 0. The summed E-state index contributed by atoms with van der Waals surface area (Å²) in [7, 11) is 0. The fourth-order valence-corrected chi connectivity index (χ4v) is 0.736. The van der Waals surface area contributed by atoms with E-state index in [-0.39, 0.29) is 64.1 Å². The first-order chi connectivity index (χ1) is 4.86. The number of rotatable bonds is 0. The fourth-order valence-electron chi connectivity index (χ4n) is 0.736. The topological polar surface area (TPSA) is 78.3 Å². The van der Waals surface area contributed by atoms with Gasteiger partial charge < -0.3 is 20.7 Å². The van der Waals surface area contributed by atoms with Gasteiger partial charge in [-0.15, -0.1) is 0 Å². The molecule has 2 heterocycles. The molecule has 0 amide bonds. The van der Waals surface area contributed by atoms with E-state index >= 15 is 0 Å². The van der Waals surface area contributed by atoms with Crippen molar-refractivity contribution < 1.29 is 58.2 Å². The predicted octanol–water partition coefficient (Wildman–Crippen LogP) is -1.96. The quantitative estimate of drug-likeness (QED) is 0.559. The van der Waals surface area contributed by atoms with Crippen LogP contribution in [0.2, 0.25) is 0 Å². The molecule has 0 saturated carbocycles. The Hall–Kier alpha value is 0.155. The molecule has 0 saturated heterocycles. The molecule has 0 aliphatic heterocycles. The molecule has 50 valence electrons. The van der Waals surface area contributed by atoms with Crippen molar-refractivity contribution in [3.63, 3.8) is 0 Å². The summed E-state index contributed by atoms with van der Waals surface area (Å²) < 4.78 is 0. The first-order valence-electron chi connectivity index (χ1n) is 2.74. The molecule has 0 aliphatic rings. The number of nitrogens with zero attached hydrogens (tertiary/aromatic N) is 3. The van der Waals surface area contributed by atoms with Gasteiger partial charge in [0.15, 0.2) is 0 Å². The maximum atomic E-state index is 7.04. The van der Waals surface area contributed by atoms with Crippen molar-refractivity contribution in [2.45, 2.75) is 0 Å². The van der Waals surface area contributed by atoms with Crippen molar-refractivity contribution in [3.8, 4) is 0 Å². The molecule has 2 aromatic heterocycles. The number of H-pyrrole nitrogens is 1. The summed E-state index contributed by atoms with van der Waals surface area (Å²) in [5.41, 5.74) is 8.34. The van der Waals surface area contributed by atoms with E-state index in [4.69, 9.17) is 5.73 Å². The van der Waals surface area contributed by atoms with Gasteiger partial charge in [0.25, 0.3) is 0 Å². The van der Waals surface area contributed by atoms with E-state index in [1.54, 1.807) is 0 Å². The SMILES string of the molecule is [NH-]c1ncc2[nH]cnc2n1.[Rb+]. The zero-order chi connectivity index (χ0) is 6.97. The second-order valence-corrected chi connectivity index (χ2v) is 1.83. The smallest absolute Gasteiger partial charge is 0.410 e. The summed E-state index contributed by atoms with van der Waals surface area (Å²) in [4.78, 5) is 14.1. The van der Waals surface area contributed by atoms with Gasteiger partial charge in [-0.25, -0.2) is 4.98 Å². The molecular weight excluding hydrogens is 216 g/mol. The van der Waals surface area contributed by atoms with Crippen molar-refractivity contribution in [3.05, 3.63) is 18.3 Å². The molecular formula is C5H4N5Rb. The molecule has 0 aliphatic carbocycles. The van der Waals surface area contributed by atoms with Crippen LogP contribution in [0.25, 0.3) is 16.9 Å². The normalized spacial score (nSPS) is 9.45. The molecule has 2 N–H and O–H groups in total. The van der Waals surface area contributed by atoms with Crippen LogP contribution in [-0.4, -0.2) is 19.9 Å². The van der Waals surface area contributed by atoms with Crippen molar-refractivity contribution in [2.24, 2.45) is 0 Å². The Labute approximate surface area is 112 Å². The molecule has 0 aromatic carbocycles. The van der Waals surface area contributed by atoms with Crippen molar-refractivity contribution in [1.82, 2.24) is 19.9 Å². The number of imidazole rings is 1. The van der Waals surface area contributed by atoms with E-state index in [9.17, 15) is 0 Å². The zero-order valence-corrected chi connectivity index (χ0v) is 10.9. The second kappa shape index (κ2) is 3.71. The summed E-state index contributed by atoms with van der Waals surface area (Å²) in [5, 5.41) is 0. The summed E-state index contributed by atoms with van der Waals surface area (Å²) in [5.74, 6) is -0.000370. The molecule has 0 spiro atoms. The summed E-state index contributed by atoms with van der Waals surface area (Å²) >= 11 is 0. The zero-order valence-electron chi connectivity index (χ0n) is 6.00. The summed E-state index contributed by atoms with van der Waals surface area (Å²) in [6.07, 6.45) is 3.07. The number of aromatic amines is 1. The third-order valence-corrected chi connectivity index (χ3v) is 1.18. The Morgan fingerprint density at radius 1 is 1.36 bits per heavy atom. The van der Waals surface area contributed by atoms with E-state index in [1.165, 1.54) is 12.5 Å². The van der Waals surface area contributed by atoms with Gasteiger partial charge in [0.1, 0.15) is 5.65 Å². The van der Waals surface area contributed by atoms with Crippen LogP contribution in [0.1, 0.15) is 0 Å². The van der Waals surface area contributed by atoms with Gasteiger partial charge in [0.2, 0.25) is 0 Å². The number of hydrogen-bond donors (Lipinski definition) is 1. The minimum atomic E-state index is -0.000370. The number of hydrogen-bond acceptors (Lipinski definition) is 3. The molecule has 0 fully saturated rings. The van der Waals surface area contributed by atoms with Gasteiger partial charge in [-0.2, -0.15) is 0 Å². The van der Waals surface area contributed by atoms with E-state index in [1.807, 2.05) is 0 Å². The molecule has 2 aromatic rings. The Morgan fingerprint density at radius 2 is 2.18 bits per heavy atom. The van der Waals surface area contributed by atoms with Crippen molar-refractivity contribution >= 4 is 17.1 Å². The van der Waals surface area contributed by atoms with Gasteiger partial charge in [-0.1, -0.05) is 0 Å². The third-order valence-electron chi connectivity index (χ3n) is 1.18. The third kappa shape index (κ3) is 1.84. The monoisotopic (exact) mass is 219 g/mol. The molecule has 5 nitrogen and oxygen atoms in total. The average Bonchev–Trinajstić information content (AvgIpc) is 2.33. The van der Waals surface area contributed by atoms with Crippen molar-refractivity contribution in [2.75, 3.05) is 0 Å². The van der Waals surface area contributed by atoms with Gasteiger partial charge in [0, 0.05) is 5.95 Å². The van der Waals surface area contributed by atoms with E-state index < -0.39 is 0 Å². The fraction of sp³-hybridized carbons (Fsp3) is 0. The van der Waals surface area contributed by atoms with Crippen LogP contribution in [-0.2, 0) is 0 Å². The van der Waals surface area contributed by atoms with Crippen LogP contribution in [0.5, 0.6) is 0 Å².